The van der Waals surface area contributed by atoms with E-state index in [-0.39, 0.29) is 18.1 Å². The highest BCUT2D eigenvalue weighted by atomic mass is 16.3. The monoisotopic (exact) mass is 216 g/mol. The quantitative estimate of drug-likeness (QED) is 0.558. The minimum atomic E-state index is -0.261. The van der Waals surface area contributed by atoms with Crippen LogP contribution in [0.15, 0.2) is 0 Å². The molecule has 0 fully saturated rings. The van der Waals surface area contributed by atoms with E-state index in [1.54, 1.807) is 0 Å². The lowest BCUT2D eigenvalue weighted by Gasteiger charge is -2.14. The van der Waals surface area contributed by atoms with Crippen LogP contribution in [0.5, 0.6) is 0 Å². The molecule has 0 aromatic heterocycles. The zero-order chi connectivity index (χ0) is 11.7. The zero-order valence-electron chi connectivity index (χ0n) is 10.0. The van der Waals surface area contributed by atoms with Crippen LogP contribution in [0.2, 0.25) is 0 Å². The molecule has 0 saturated carbocycles. The Morgan fingerprint density at radius 1 is 1.33 bits per heavy atom. The molecule has 0 aliphatic heterocycles. The number of hydrogen-bond donors (Lipinski definition) is 3. The highest BCUT2D eigenvalue weighted by Crippen LogP contribution is 1.95. The molecule has 90 valence electrons. The molecular formula is C11H24N2O2. The summed E-state index contributed by atoms with van der Waals surface area (Å²) in [5.74, 6) is 0.0304. The summed E-state index contributed by atoms with van der Waals surface area (Å²) in [6, 6.07) is -0.180. The summed E-state index contributed by atoms with van der Waals surface area (Å²) < 4.78 is 0. The first-order valence-corrected chi connectivity index (χ1v) is 5.80. The fourth-order valence-corrected chi connectivity index (χ4v) is 1.16. The van der Waals surface area contributed by atoms with E-state index in [9.17, 15) is 9.90 Å². The Balaban J connectivity index is 3.55. The number of aliphatic hydroxyl groups excluding tert-OH is 1. The van der Waals surface area contributed by atoms with Crippen LogP contribution in [-0.4, -0.2) is 36.2 Å². The summed E-state index contributed by atoms with van der Waals surface area (Å²) in [5, 5.41) is 15.2. The van der Waals surface area contributed by atoms with Crippen LogP contribution in [0.25, 0.3) is 0 Å². The van der Waals surface area contributed by atoms with Gasteiger partial charge in [-0.2, -0.15) is 0 Å². The summed E-state index contributed by atoms with van der Waals surface area (Å²) >= 11 is 0. The smallest absolute Gasteiger partial charge is 0.236 e. The zero-order valence-corrected chi connectivity index (χ0v) is 10.0. The molecular weight excluding hydrogens is 192 g/mol. The first-order valence-electron chi connectivity index (χ1n) is 5.80. The molecule has 0 saturated heterocycles. The molecule has 15 heavy (non-hydrogen) atoms. The van der Waals surface area contributed by atoms with Crippen molar-refractivity contribution >= 4 is 5.91 Å². The van der Waals surface area contributed by atoms with E-state index in [1.165, 1.54) is 0 Å². The van der Waals surface area contributed by atoms with Crippen molar-refractivity contribution in [2.24, 2.45) is 0 Å². The lowest BCUT2D eigenvalue weighted by molar-refractivity contribution is -0.122. The van der Waals surface area contributed by atoms with Crippen molar-refractivity contribution in [2.45, 2.75) is 52.2 Å². The van der Waals surface area contributed by atoms with Crippen molar-refractivity contribution in [2.75, 3.05) is 13.1 Å². The third-order valence-electron chi connectivity index (χ3n) is 2.34. The number of amides is 1. The lowest BCUT2D eigenvalue weighted by atomic mass is 10.2. The fraction of sp³-hybridized carbons (Fsp3) is 0.909. The van der Waals surface area contributed by atoms with Gasteiger partial charge in [-0.25, -0.2) is 0 Å². The van der Waals surface area contributed by atoms with Gasteiger partial charge in [-0.05, 0) is 32.7 Å². The Hall–Kier alpha value is -0.610. The SMILES string of the molecule is CCCNC(=O)C(C)NCCC(O)CC. The maximum Gasteiger partial charge on any atom is 0.236 e. The van der Waals surface area contributed by atoms with Crippen molar-refractivity contribution in [3.8, 4) is 0 Å². The molecule has 0 heterocycles. The molecule has 0 aliphatic rings. The molecule has 4 nitrogen and oxygen atoms in total. The molecule has 0 radical (unpaired) electrons. The van der Waals surface area contributed by atoms with Gasteiger partial charge in [-0.15, -0.1) is 0 Å². The fourth-order valence-electron chi connectivity index (χ4n) is 1.16. The minimum Gasteiger partial charge on any atom is -0.393 e. The summed E-state index contributed by atoms with van der Waals surface area (Å²) in [7, 11) is 0. The van der Waals surface area contributed by atoms with Crippen molar-refractivity contribution in [3.05, 3.63) is 0 Å². The van der Waals surface area contributed by atoms with Gasteiger partial charge in [0.25, 0.3) is 0 Å². The molecule has 0 aliphatic carbocycles. The van der Waals surface area contributed by atoms with Gasteiger partial charge in [-0.3, -0.25) is 4.79 Å². The summed E-state index contributed by atoms with van der Waals surface area (Å²) in [4.78, 5) is 11.4. The van der Waals surface area contributed by atoms with E-state index in [1.807, 2.05) is 20.8 Å². The first-order chi connectivity index (χ1) is 7.11. The molecule has 3 N–H and O–H groups in total. The average molecular weight is 216 g/mol. The summed E-state index contributed by atoms with van der Waals surface area (Å²) in [6.45, 7) is 7.21. The van der Waals surface area contributed by atoms with Crippen molar-refractivity contribution < 1.29 is 9.90 Å². The van der Waals surface area contributed by atoms with E-state index in [0.717, 1.165) is 19.4 Å². The third kappa shape index (κ3) is 7.33. The van der Waals surface area contributed by atoms with E-state index in [0.29, 0.717) is 13.0 Å². The Kier molecular flexibility index (Phi) is 8.33. The van der Waals surface area contributed by atoms with Crippen LogP contribution in [-0.2, 0) is 4.79 Å². The number of carbonyl (C=O) groups is 1. The van der Waals surface area contributed by atoms with Gasteiger partial charge in [0, 0.05) is 6.54 Å². The molecule has 0 aromatic rings. The van der Waals surface area contributed by atoms with Crippen LogP contribution in [0, 0.1) is 0 Å². The van der Waals surface area contributed by atoms with Crippen LogP contribution < -0.4 is 10.6 Å². The van der Waals surface area contributed by atoms with Crippen molar-refractivity contribution in [1.29, 1.82) is 0 Å². The summed E-state index contributed by atoms with van der Waals surface area (Å²) in [6.07, 6.45) is 2.15. The Morgan fingerprint density at radius 2 is 2.00 bits per heavy atom. The van der Waals surface area contributed by atoms with Crippen molar-refractivity contribution in [3.63, 3.8) is 0 Å². The van der Waals surface area contributed by atoms with Crippen molar-refractivity contribution in [1.82, 2.24) is 10.6 Å². The number of nitrogens with one attached hydrogen (secondary N) is 2. The molecule has 0 aromatic carbocycles. The van der Waals surface area contributed by atoms with Gasteiger partial charge in [0.2, 0.25) is 5.91 Å². The van der Waals surface area contributed by atoms with Gasteiger partial charge >= 0.3 is 0 Å². The molecule has 0 bridgehead atoms. The van der Waals surface area contributed by atoms with Crippen LogP contribution in [0.3, 0.4) is 0 Å². The Bertz CT molecular complexity index is 174. The third-order valence-corrected chi connectivity index (χ3v) is 2.34. The number of rotatable bonds is 8. The molecule has 2 atom stereocenters. The normalized spacial score (nSPS) is 14.7. The first kappa shape index (κ1) is 14.4. The maximum absolute atomic E-state index is 11.4. The topological polar surface area (TPSA) is 61.4 Å². The van der Waals surface area contributed by atoms with Crippen LogP contribution in [0.1, 0.15) is 40.0 Å². The van der Waals surface area contributed by atoms with E-state index in [2.05, 4.69) is 10.6 Å². The van der Waals surface area contributed by atoms with Gasteiger partial charge in [0.05, 0.1) is 12.1 Å². The average Bonchev–Trinajstić information content (AvgIpc) is 2.25. The van der Waals surface area contributed by atoms with Crippen LogP contribution >= 0.6 is 0 Å². The lowest BCUT2D eigenvalue weighted by Crippen LogP contribution is -2.43. The Morgan fingerprint density at radius 3 is 2.53 bits per heavy atom. The highest BCUT2D eigenvalue weighted by molar-refractivity contribution is 5.81. The summed E-state index contributed by atoms with van der Waals surface area (Å²) in [5.41, 5.74) is 0. The largest absolute Gasteiger partial charge is 0.393 e. The van der Waals surface area contributed by atoms with Gasteiger partial charge < -0.3 is 15.7 Å². The number of hydrogen-bond acceptors (Lipinski definition) is 3. The molecule has 4 heteroatoms. The molecule has 0 spiro atoms. The second-order valence-electron chi connectivity index (χ2n) is 3.82. The standard InChI is InChI=1S/C11H24N2O2/c1-4-7-13-11(15)9(3)12-8-6-10(14)5-2/h9-10,12,14H,4-8H2,1-3H3,(H,13,15). The second kappa shape index (κ2) is 8.68. The van der Waals surface area contributed by atoms with Gasteiger partial charge in [-0.1, -0.05) is 13.8 Å². The van der Waals surface area contributed by atoms with E-state index < -0.39 is 0 Å². The van der Waals surface area contributed by atoms with Gasteiger partial charge in [0.1, 0.15) is 0 Å². The predicted molar refractivity (Wildman–Crippen MR) is 61.7 cm³/mol. The number of carbonyl (C=O) groups excluding carboxylic acids is 1. The Labute approximate surface area is 92.4 Å². The van der Waals surface area contributed by atoms with Crippen LogP contribution in [0.4, 0.5) is 0 Å². The number of aliphatic hydroxyl groups is 1. The molecule has 2 unspecified atom stereocenters. The van der Waals surface area contributed by atoms with E-state index in [4.69, 9.17) is 0 Å². The predicted octanol–water partition coefficient (Wildman–Crippen LogP) is 0.652. The maximum atomic E-state index is 11.4. The molecule has 0 rings (SSSR count). The highest BCUT2D eigenvalue weighted by Gasteiger charge is 2.11. The minimum absolute atomic E-state index is 0.0304. The van der Waals surface area contributed by atoms with E-state index >= 15 is 0 Å². The second-order valence-corrected chi connectivity index (χ2v) is 3.82. The molecule has 1 amide bonds. The van der Waals surface area contributed by atoms with Gasteiger partial charge in [0.15, 0.2) is 0 Å².